The molecule has 1 saturated heterocycles. The van der Waals surface area contributed by atoms with Crippen LogP contribution in [0.2, 0.25) is 0 Å². The van der Waals surface area contributed by atoms with Gasteiger partial charge in [-0.05, 0) is 53.2 Å². The Bertz CT molecular complexity index is 1530. The highest BCUT2D eigenvalue weighted by molar-refractivity contribution is 7.22. The standard InChI is InChI=1S/C25H21N3O3S/c1-30-18-4-2-15-11-19-21(29)14-22(31-23(19)12-17(15)10-18)16-3-5-20-24(13-16)32-25(27-20)28-8-6-26-7-9-28/h2-5,10-14,26H,6-9H2,1H3. The van der Waals surface area contributed by atoms with Gasteiger partial charge < -0.3 is 19.4 Å². The number of methoxy groups -OCH3 is 1. The number of piperazine rings is 1. The van der Waals surface area contributed by atoms with E-state index in [0.29, 0.717) is 16.7 Å². The summed E-state index contributed by atoms with van der Waals surface area (Å²) in [4.78, 5) is 20.0. The van der Waals surface area contributed by atoms with Crippen LogP contribution in [-0.2, 0) is 0 Å². The first-order valence-electron chi connectivity index (χ1n) is 10.6. The minimum atomic E-state index is -0.0510. The Balaban J connectivity index is 1.44. The largest absolute Gasteiger partial charge is 0.497 e. The lowest BCUT2D eigenvalue weighted by atomic mass is 10.1. The number of rotatable bonds is 3. The number of hydrogen-bond acceptors (Lipinski definition) is 7. The molecule has 3 aromatic carbocycles. The molecule has 3 heterocycles. The van der Waals surface area contributed by atoms with E-state index in [0.717, 1.165) is 63.6 Å². The average molecular weight is 444 g/mol. The quantitative estimate of drug-likeness (QED) is 0.410. The predicted molar refractivity (Wildman–Crippen MR) is 130 cm³/mol. The van der Waals surface area contributed by atoms with Crippen molar-refractivity contribution in [3.05, 3.63) is 64.8 Å². The summed E-state index contributed by atoms with van der Waals surface area (Å²) in [5.41, 5.74) is 2.36. The first-order chi connectivity index (χ1) is 15.7. The molecular formula is C25H21N3O3S. The Morgan fingerprint density at radius 3 is 2.75 bits per heavy atom. The van der Waals surface area contributed by atoms with Gasteiger partial charge in [0.2, 0.25) is 0 Å². The number of aromatic nitrogens is 1. The van der Waals surface area contributed by atoms with E-state index in [9.17, 15) is 4.79 Å². The van der Waals surface area contributed by atoms with Gasteiger partial charge in [0.1, 0.15) is 17.1 Å². The van der Waals surface area contributed by atoms with Crippen LogP contribution in [0, 0.1) is 0 Å². The van der Waals surface area contributed by atoms with Crippen LogP contribution >= 0.6 is 11.3 Å². The Morgan fingerprint density at radius 1 is 1.03 bits per heavy atom. The van der Waals surface area contributed by atoms with Crippen LogP contribution in [0.4, 0.5) is 5.13 Å². The minimum absolute atomic E-state index is 0.0510. The Kier molecular flexibility index (Phi) is 4.59. The predicted octanol–water partition coefficient (Wildman–Crippen LogP) is 4.64. The number of thiazole rings is 1. The summed E-state index contributed by atoms with van der Waals surface area (Å²) in [6, 6.07) is 17.2. The van der Waals surface area contributed by atoms with E-state index in [2.05, 4.69) is 16.3 Å². The van der Waals surface area contributed by atoms with Gasteiger partial charge in [0.15, 0.2) is 10.6 Å². The van der Waals surface area contributed by atoms with Crippen molar-refractivity contribution in [3.8, 4) is 17.1 Å². The second-order valence-electron chi connectivity index (χ2n) is 7.95. The van der Waals surface area contributed by atoms with E-state index < -0.39 is 0 Å². The highest BCUT2D eigenvalue weighted by atomic mass is 32.1. The number of nitrogens with zero attached hydrogens (tertiary/aromatic N) is 2. The molecule has 7 heteroatoms. The molecule has 1 aliphatic rings. The van der Waals surface area contributed by atoms with Crippen LogP contribution in [0.15, 0.2) is 63.8 Å². The number of hydrogen-bond donors (Lipinski definition) is 1. The molecule has 0 bridgehead atoms. The number of ether oxygens (including phenoxy) is 1. The summed E-state index contributed by atoms with van der Waals surface area (Å²) < 4.78 is 12.6. The zero-order valence-corrected chi connectivity index (χ0v) is 18.4. The zero-order valence-electron chi connectivity index (χ0n) is 17.6. The molecule has 0 unspecified atom stereocenters. The van der Waals surface area contributed by atoms with Crippen molar-refractivity contribution in [2.24, 2.45) is 0 Å². The summed E-state index contributed by atoms with van der Waals surface area (Å²) in [7, 11) is 1.64. The molecule has 6 nitrogen and oxygen atoms in total. The molecule has 1 fully saturated rings. The summed E-state index contributed by atoms with van der Waals surface area (Å²) in [5.74, 6) is 1.33. The van der Waals surface area contributed by atoms with Gasteiger partial charge in [-0.1, -0.05) is 17.4 Å². The molecule has 1 aliphatic heterocycles. The van der Waals surface area contributed by atoms with Crippen molar-refractivity contribution in [1.82, 2.24) is 10.3 Å². The second-order valence-corrected chi connectivity index (χ2v) is 8.96. The van der Waals surface area contributed by atoms with Crippen LogP contribution in [0.25, 0.3) is 43.3 Å². The van der Waals surface area contributed by atoms with E-state index in [1.165, 1.54) is 0 Å². The fourth-order valence-corrected chi connectivity index (χ4v) is 5.26. The third-order valence-corrected chi connectivity index (χ3v) is 7.02. The summed E-state index contributed by atoms with van der Waals surface area (Å²) in [6.07, 6.45) is 0. The molecule has 0 radical (unpaired) electrons. The molecule has 0 atom stereocenters. The van der Waals surface area contributed by atoms with E-state index in [-0.39, 0.29) is 5.43 Å². The van der Waals surface area contributed by atoms with Crippen LogP contribution in [0.3, 0.4) is 0 Å². The molecular weight excluding hydrogens is 422 g/mol. The van der Waals surface area contributed by atoms with Crippen molar-refractivity contribution in [2.45, 2.75) is 0 Å². The number of anilines is 1. The first-order valence-corrected chi connectivity index (χ1v) is 11.4. The van der Waals surface area contributed by atoms with Gasteiger partial charge in [0.25, 0.3) is 0 Å². The minimum Gasteiger partial charge on any atom is -0.497 e. The highest BCUT2D eigenvalue weighted by Gasteiger charge is 2.16. The number of fused-ring (bicyclic) bond motifs is 3. The van der Waals surface area contributed by atoms with Gasteiger partial charge in [-0.25, -0.2) is 4.98 Å². The maximum absolute atomic E-state index is 12.9. The van der Waals surface area contributed by atoms with Gasteiger partial charge in [0, 0.05) is 37.8 Å². The monoisotopic (exact) mass is 443 g/mol. The van der Waals surface area contributed by atoms with Crippen molar-refractivity contribution < 1.29 is 9.15 Å². The third kappa shape index (κ3) is 3.30. The second kappa shape index (κ2) is 7.62. The lowest BCUT2D eigenvalue weighted by molar-refractivity contribution is 0.415. The molecule has 0 aliphatic carbocycles. The van der Waals surface area contributed by atoms with Gasteiger partial charge in [-0.2, -0.15) is 0 Å². The fraction of sp³-hybridized carbons (Fsp3) is 0.200. The van der Waals surface area contributed by atoms with Crippen molar-refractivity contribution in [2.75, 3.05) is 38.2 Å². The van der Waals surface area contributed by atoms with Crippen LogP contribution in [0.5, 0.6) is 5.75 Å². The summed E-state index contributed by atoms with van der Waals surface area (Å²) in [6.45, 7) is 3.88. The highest BCUT2D eigenvalue weighted by Crippen LogP contribution is 2.33. The van der Waals surface area contributed by atoms with Crippen LogP contribution in [0.1, 0.15) is 0 Å². The van der Waals surface area contributed by atoms with Gasteiger partial charge in [-0.15, -0.1) is 0 Å². The molecule has 5 aromatic rings. The van der Waals surface area contributed by atoms with Gasteiger partial charge in [0.05, 0.1) is 22.7 Å². The number of benzene rings is 3. The first kappa shape index (κ1) is 19.3. The SMILES string of the molecule is COc1ccc2cc3c(=O)cc(-c4ccc5nc(N6CCNCC6)sc5c4)oc3cc2c1. The van der Waals surface area contributed by atoms with Crippen molar-refractivity contribution >= 4 is 48.4 Å². The Morgan fingerprint density at radius 2 is 1.91 bits per heavy atom. The average Bonchev–Trinajstić information content (AvgIpc) is 3.26. The molecule has 2 aromatic heterocycles. The lowest BCUT2D eigenvalue weighted by Gasteiger charge is -2.26. The van der Waals surface area contributed by atoms with Crippen molar-refractivity contribution in [3.63, 3.8) is 0 Å². The summed E-state index contributed by atoms with van der Waals surface area (Å²) in [5, 5.41) is 6.93. The number of nitrogens with one attached hydrogen (secondary N) is 1. The Hall–Kier alpha value is -3.42. The molecule has 0 amide bonds. The molecule has 6 rings (SSSR count). The Labute approximate surface area is 188 Å². The van der Waals surface area contributed by atoms with Crippen LogP contribution in [-0.4, -0.2) is 38.3 Å². The van der Waals surface area contributed by atoms with Crippen LogP contribution < -0.4 is 20.4 Å². The fourth-order valence-electron chi connectivity index (χ4n) is 4.20. The van der Waals surface area contributed by atoms with E-state index in [1.807, 2.05) is 42.5 Å². The normalized spacial score (nSPS) is 14.5. The van der Waals surface area contributed by atoms with Gasteiger partial charge >= 0.3 is 0 Å². The van der Waals surface area contributed by atoms with Gasteiger partial charge in [-0.3, -0.25) is 4.79 Å². The van der Waals surface area contributed by atoms with Crippen molar-refractivity contribution in [1.29, 1.82) is 0 Å². The molecule has 32 heavy (non-hydrogen) atoms. The molecule has 0 saturated carbocycles. The maximum atomic E-state index is 12.9. The molecule has 0 spiro atoms. The smallest absolute Gasteiger partial charge is 0.193 e. The van der Waals surface area contributed by atoms with E-state index in [4.69, 9.17) is 14.1 Å². The molecule has 1 N–H and O–H groups in total. The topological polar surface area (TPSA) is 67.6 Å². The van der Waals surface area contributed by atoms with E-state index >= 15 is 0 Å². The summed E-state index contributed by atoms with van der Waals surface area (Å²) >= 11 is 1.68. The molecule has 160 valence electrons. The third-order valence-electron chi connectivity index (χ3n) is 5.94. The zero-order chi connectivity index (χ0) is 21.7. The maximum Gasteiger partial charge on any atom is 0.193 e. The lowest BCUT2D eigenvalue weighted by Crippen LogP contribution is -2.43. The van der Waals surface area contributed by atoms with E-state index in [1.54, 1.807) is 24.5 Å².